The second kappa shape index (κ2) is 5.95. The van der Waals surface area contributed by atoms with E-state index in [1.54, 1.807) is 0 Å². The first kappa shape index (κ1) is 13.6. The number of imidazole rings is 1. The Morgan fingerprint density at radius 3 is 2.90 bits per heavy atom. The molecule has 1 aromatic rings. The van der Waals surface area contributed by atoms with E-state index in [0.717, 1.165) is 50.9 Å². The summed E-state index contributed by atoms with van der Waals surface area (Å²) >= 11 is 0. The molecule has 0 bridgehead atoms. The van der Waals surface area contributed by atoms with Crippen LogP contribution in [0, 0.1) is 11.8 Å². The second-order valence-electron chi connectivity index (χ2n) is 6.14. The van der Waals surface area contributed by atoms with Crippen LogP contribution in [0.4, 0.5) is 0 Å². The van der Waals surface area contributed by atoms with Gasteiger partial charge in [-0.05, 0) is 38.0 Å². The molecule has 0 aromatic carbocycles. The number of aliphatic hydroxyl groups excluding tert-OH is 1. The second-order valence-corrected chi connectivity index (χ2v) is 6.14. The van der Waals surface area contributed by atoms with Gasteiger partial charge in [0.1, 0.15) is 5.82 Å². The number of aryl methyl sites for hydroxylation is 1. The van der Waals surface area contributed by atoms with Crippen molar-refractivity contribution in [3.05, 3.63) is 18.2 Å². The molecule has 1 saturated carbocycles. The molecule has 2 N–H and O–H groups in total. The molecule has 0 radical (unpaired) electrons. The van der Waals surface area contributed by atoms with E-state index in [-0.39, 0.29) is 18.4 Å². The van der Waals surface area contributed by atoms with Crippen molar-refractivity contribution in [2.45, 2.75) is 51.1 Å². The van der Waals surface area contributed by atoms with E-state index < -0.39 is 0 Å². The van der Waals surface area contributed by atoms with Gasteiger partial charge in [0.25, 0.3) is 0 Å². The van der Waals surface area contributed by atoms with Crippen molar-refractivity contribution in [1.29, 1.82) is 0 Å². The van der Waals surface area contributed by atoms with Crippen LogP contribution in [-0.4, -0.2) is 33.2 Å². The Labute approximate surface area is 119 Å². The fourth-order valence-corrected chi connectivity index (χ4v) is 3.38. The van der Waals surface area contributed by atoms with Gasteiger partial charge in [0, 0.05) is 43.9 Å². The van der Waals surface area contributed by atoms with Crippen molar-refractivity contribution >= 4 is 5.91 Å². The normalized spacial score (nSPS) is 29.8. The topological polar surface area (TPSA) is 67.2 Å². The van der Waals surface area contributed by atoms with Crippen molar-refractivity contribution < 1.29 is 9.90 Å². The third-order valence-electron chi connectivity index (χ3n) is 4.77. The summed E-state index contributed by atoms with van der Waals surface area (Å²) < 4.78 is 2.14. The highest BCUT2D eigenvalue weighted by molar-refractivity contribution is 5.79. The molecule has 5 nitrogen and oxygen atoms in total. The van der Waals surface area contributed by atoms with Gasteiger partial charge in [-0.1, -0.05) is 0 Å². The molecular formula is C15H23N3O2. The number of amides is 1. The van der Waals surface area contributed by atoms with Crippen molar-refractivity contribution in [3.63, 3.8) is 0 Å². The maximum absolute atomic E-state index is 12.4. The number of nitrogens with zero attached hydrogens (tertiary/aromatic N) is 2. The zero-order valence-corrected chi connectivity index (χ0v) is 11.8. The van der Waals surface area contributed by atoms with E-state index in [1.807, 2.05) is 12.4 Å². The molecule has 20 heavy (non-hydrogen) atoms. The van der Waals surface area contributed by atoms with Gasteiger partial charge in [-0.3, -0.25) is 4.79 Å². The van der Waals surface area contributed by atoms with E-state index in [9.17, 15) is 4.79 Å². The molecule has 1 amide bonds. The molecule has 110 valence electrons. The van der Waals surface area contributed by atoms with E-state index in [4.69, 9.17) is 5.11 Å². The SMILES string of the molecule is O=C(NC1CCC(CO)CC1)C1CCn2ccnc2C1. The summed E-state index contributed by atoms with van der Waals surface area (Å²) in [6.45, 7) is 1.18. The number of hydrogen-bond acceptors (Lipinski definition) is 3. The van der Waals surface area contributed by atoms with Crippen LogP contribution in [0.3, 0.4) is 0 Å². The van der Waals surface area contributed by atoms with E-state index in [1.165, 1.54) is 0 Å². The summed E-state index contributed by atoms with van der Waals surface area (Å²) in [5.74, 6) is 1.72. The Morgan fingerprint density at radius 1 is 1.35 bits per heavy atom. The van der Waals surface area contributed by atoms with Gasteiger partial charge in [0.15, 0.2) is 0 Å². The highest BCUT2D eigenvalue weighted by Crippen LogP contribution is 2.25. The average molecular weight is 277 g/mol. The first-order chi connectivity index (χ1) is 9.76. The molecule has 1 aliphatic carbocycles. The van der Waals surface area contributed by atoms with Crippen molar-refractivity contribution in [2.75, 3.05) is 6.61 Å². The van der Waals surface area contributed by atoms with Crippen LogP contribution in [0.25, 0.3) is 0 Å². The Kier molecular flexibility index (Phi) is 4.05. The van der Waals surface area contributed by atoms with Crippen molar-refractivity contribution in [1.82, 2.24) is 14.9 Å². The molecule has 1 unspecified atom stereocenters. The van der Waals surface area contributed by atoms with Crippen LogP contribution < -0.4 is 5.32 Å². The third-order valence-corrected chi connectivity index (χ3v) is 4.77. The molecule has 5 heteroatoms. The summed E-state index contributed by atoms with van der Waals surface area (Å²) in [7, 11) is 0. The predicted molar refractivity (Wildman–Crippen MR) is 75.0 cm³/mol. The maximum atomic E-state index is 12.4. The van der Waals surface area contributed by atoms with Gasteiger partial charge in [-0.2, -0.15) is 0 Å². The zero-order chi connectivity index (χ0) is 13.9. The maximum Gasteiger partial charge on any atom is 0.223 e. The number of rotatable bonds is 3. The average Bonchev–Trinajstić information content (AvgIpc) is 2.95. The zero-order valence-electron chi connectivity index (χ0n) is 11.8. The summed E-state index contributed by atoms with van der Waals surface area (Å²) in [6, 6.07) is 0.298. The minimum atomic E-state index is 0.0699. The summed E-state index contributed by atoms with van der Waals surface area (Å²) in [5.41, 5.74) is 0. The highest BCUT2D eigenvalue weighted by atomic mass is 16.3. The van der Waals surface area contributed by atoms with Gasteiger partial charge in [-0.15, -0.1) is 0 Å². The molecular weight excluding hydrogens is 254 g/mol. The van der Waals surface area contributed by atoms with Gasteiger partial charge in [-0.25, -0.2) is 4.98 Å². The van der Waals surface area contributed by atoms with Gasteiger partial charge < -0.3 is 15.0 Å². The molecule has 1 fully saturated rings. The fraction of sp³-hybridized carbons (Fsp3) is 0.733. The number of carbonyl (C=O) groups excluding carboxylic acids is 1. The van der Waals surface area contributed by atoms with Gasteiger partial charge in [0.2, 0.25) is 5.91 Å². The van der Waals surface area contributed by atoms with Crippen molar-refractivity contribution in [2.24, 2.45) is 11.8 Å². The number of fused-ring (bicyclic) bond motifs is 1. The Bertz CT molecular complexity index is 463. The van der Waals surface area contributed by atoms with Gasteiger partial charge >= 0.3 is 0 Å². The van der Waals surface area contributed by atoms with Crippen LogP contribution in [-0.2, 0) is 17.8 Å². The number of carbonyl (C=O) groups is 1. The number of aliphatic hydroxyl groups is 1. The lowest BCUT2D eigenvalue weighted by Gasteiger charge is -2.30. The van der Waals surface area contributed by atoms with E-state index in [2.05, 4.69) is 14.9 Å². The molecule has 2 heterocycles. The molecule has 0 saturated heterocycles. The largest absolute Gasteiger partial charge is 0.396 e. The number of nitrogens with one attached hydrogen (secondary N) is 1. The van der Waals surface area contributed by atoms with Crippen LogP contribution in [0.15, 0.2) is 12.4 Å². The summed E-state index contributed by atoms with van der Waals surface area (Å²) in [4.78, 5) is 16.7. The fourth-order valence-electron chi connectivity index (χ4n) is 3.38. The highest BCUT2D eigenvalue weighted by Gasteiger charge is 2.28. The minimum absolute atomic E-state index is 0.0699. The summed E-state index contributed by atoms with van der Waals surface area (Å²) in [6.07, 6.45) is 9.50. The lowest BCUT2D eigenvalue weighted by atomic mass is 9.86. The predicted octanol–water partition coefficient (Wildman–Crippen LogP) is 1.11. The Morgan fingerprint density at radius 2 is 2.15 bits per heavy atom. The van der Waals surface area contributed by atoms with E-state index in [0.29, 0.717) is 12.0 Å². The van der Waals surface area contributed by atoms with E-state index >= 15 is 0 Å². The standard InChI is InChI=1S/C15H23N3O2/c19-10-11-1-3-13(4-2-11)17-15(20)12-5-7-18-8-6-16-14(18)9-12/h6,8,11-13,19H,1-5,7,9-10H2,(H,17,20). The molecule has 1 aliphatic heterocycles. The smallest absolute Gasteiger partial charge is 0.223 e. The van der Waals surface area contributed by atoms with Crippen LogP contribution in [0.2, 0.25) is 0 Å². The number of aromatic nitrogens is 2. The monoisotopic (exact) mass is 277 g/mol. The molecule has 1 aromatic heterocycles. The lowest BCUT2D eigenvalue weighted by molar-refractivity contribution is -0.126. The number of hydrogen-bond donors (Lipinski definition) is 2. The first-order valence-electron chi connectivity index (χ1n) is 7.67. The first-order valence-corrected chi connectivity index (χ1v) is 7.67. The third kappa shape index (κ3) is 2.87. The lowest BCUT2D eigenvalue weighted by Crippen LogP contribution is -2.43. The quantitative estimate of drug-likeness (QED) is 0.870. The van der Waals surface area contributed by atoms with Gasteiger partial charge in [0.05, 0.1) is 0 Å². The van der Waals surface area contributed by atoms with Crippen LogP contribution in [0.1, 0.15) is 37.9 Å². The summed E-state index contributed by atoms with van der Waals surface area (Å²) in [5, 5.41) is 12.3. The van der Waals surface area contributed by atoms with Crippen LogP contribution >= 0.6 is 0 Å². The molecule has 0 spiro atoms. The molecule has 2 aliphatic rings. The molecule has 1 atom stereocenters. The molecule has 3 rings (SSSR count). The Balaban J connectivity index is 1.51. The Hall–Kier alpha value is -1.36. The van der Waals surface area contributed by atoms with Crippen molar-refractivity contribution in [3.8, 4) is 0 Å². The minimum Gasteiger partial charge on any atom is -0.396 e. The van der Waals surface area contributed by atoms with Crippen LogP contribution in [0.5, 0.6) is 0 Å².